The van der Waals surface area contributed by atoms with Crippen molar-refractivity contribution in [3.63, 3.8) is 0 Å². The van der Waals surface area contributed by atoms with Gasteiger partial charge in [-0.2, -0.15) is 0 Å². The maximum absolute atomic E-state index is 10.4. The van der Waals surface area contributed by atoms with Crippen molar-refractivity contribution in [1.29, 1.82) is 0 Å². The van der Waals surface area contributed by atoms with Gasteiger partial charge in [0.1, 0.15) is 17.2 Å². The number of para-hydroxylation sites is 2. The molecule has 0 aliphatic heterocycles. The average Bonchev–Trinajstić information content (AvgIpc) is 3.36. The molecule has 5 nitrogen and oxygen atoms in total. The highest BCUT2D eigenvalue weighted by atomic mass is 16.4. The number of aryl methyl sites for hydroxylation is 2. The smallest absolute Gasteiger partial charge is 0.195 e. The molecule has 2 heterocycles. The van der Waals surface area contributed by atoms with Crippen LogP contribution in [0.25, 0.3) is 34.7 Å². The van der Waals surface area contributed by atoms with E-state index in [9.17, 15) is 10.2 Å². The van der Waals surface area contributed by atoms with Crippen molar-refractivity contribution in [3.8, 4) is 34.1 Å². The Labute approximate surface area is 174 Å². The van der Waals surface area contributed by atoms with Crippen molar-refractivity contribution in [1.82, 2.24) is 9.97 Å². The van der Waals surface area contributed by atoms with Gasteiger partial charge >= 0.3 is 0 Å². The van der Waals surface area contributed by atoms with Crippen LogP contribution in [0.2, 0.25) is 0 Å². The van der Waals surface area contributed by atoms with Crippen LogP contribution < -0.4 is 0 Å². The van der Waals surface area contributed by atoms with Crippen LogP contribution in [0.3, 0.4) is 0 Å². The summed E-state index contributed by atoms with van der Waals surface area (Å²) in [6, 6.07) is 13.9. The van der Waals surface area contributed by atoms with Crippen LogP contribution >= 0.6 is 0 Å². The number of aromatic nitrogens is 2. The van der Waals surface area contributed by atoms with Crippen molar-refractivity contribution < 1.29 is 14.6 Å². The molecular weight excluding hydrogens is 376 g/mol. The molecule has 0 unspecified atom stereocenters. The molecule has 0 spiro atoms. The summed E-state index contributed by atoms with van der Waals surface area (Å²) in [5, 5.41) is 20.7. The van der Waals surface area contributed by atoms with E-state index >= 15 is 0 Å². The normalized spacial score (nSPS) is 10.8. The van der Waals surface area contributed by atoms with Gasteiger partial charge in [0.15, 0.2) is 11.7 Å². The van der Waals surface area contributed by atoms with E-state index in [1.54, 1.807) is 48.6 Å². The van der Waals surface area contributed by atoms with Gasteiger partial charge in [0.25, 0.3) is 0 Å². The number of rotatable bonds is 7. The van der Waals surface area contributed by atoms with Gasteiger partial charge in [-0.3, -0.25) is 0 Å². The molecule has 0 fully saturated rings. The Balaban J connectivity index is 1.74. The standard InChI is InChI=1S/C25H22N2O3/c1-3-17-16(15-26-20(17)4-2)13-14-23-27-24(18-9-5-7-11-21(18)28)25(30-23)19-10-6-8-12-22(19)29/h3-12,15,26,28-29H,1-2,13-14H2. The first-order valence-electron chi connectivity index (χ1n) is 9.64. The Morgan fingerprint density at radius 2 is 1.57 bits per heavy atom. The number of hydrogen-bond donors (Lipinski definition) is 3. The fourth-order valence-corrected chi connectivity index (χ4v) is 3.53. The van der Waals surface area contributed by atoms with E-state index in [0.29, 0.717) is 41.3 Å². The summed E-state index contributed by atoms with van der Waals surface area (Å²) in [4.78, 5) is 7.85. The highest BCUT2D eigenvalue weighted by molar-refractivity contribution is 5.82. The highest BCUT2D eigenvalue weighted by Crippen LogP contribution is 2.40. The Bertz CT molecular complexity index is 1150. The summed E-state index contributed by atoms with van der Waals surface area (Å²) < 4.78 is 6.08. The minimum atomic E-state index is 0.0899. The predicted octanol–water partition coefficient (Wildman–Crippen LogP) is 5.82. The van der Waals surface area contributed by atoms with Crippen molar-refractivity contribution in [3.05, 3.63) is 90.6 Å². The number of phenolic OH excluding ortho intramolecular Hbond substituents is 2. The van der Waals surface area contributed by atoms with Crippen LogP contribution in [0.5, 0.6) is 11.5 Å². The van der Waals surface area contributed by atoms with Crippen LogP contribution in [-0.2, 0) is 12.8 Å². The van der Waals surface area contributed by atoms with Crippen LogP contribution in [0.1, 0.15) is 22.7 Å². The molecule has 2 aromatic heterocycles. The van der Waals surface area contributed by atoms with Crippen LogP contribution in [0.15, 0.2) is 72.3 Å². The molecule has 0 bridgehead atoms. The van der Waals surface area contributed by atoms with Crippen LogP contribution in [-0.4, -0.2) is 20.2 Å². The Morgan fingerprint density at radius 3 is 2.20 bits per heavy atom. The zero-order chi connectivity index (χ0) is 21.1. The van der Waals surface area contributed by atoms with E-state index in [1.807, 2.05) is 18.3 Å². The zero-order valence-corrected chi connectivity index (χ0v) is 16.4. The van der Waals surface area contributed by atoms with Crippen molar-refractivity contribution in [2.75, 3.05) is 0 Å². The zero-order valence-electron chi connectivity index (χ0n) is 16.4. The summed E-state index contributed by atoms with van der Waals surface area (Å²) >= 11 is 0. The maximum Gasteiger partial charge on any atom is 0.195 e. The number of hydrogen-bond acceptors (Lipinski definition) is 4. The molecule has 0 saturated carbocycles. The van der Waals surface area contributed by atoms with Gasteiger partial charge in [-0.25, -0.2) is 4.98 Å². The quantitative estimate of drug-likeness (QED) is 0.366. The maximum atomic E-state index is 10.4. The van der Waals surface area contributed by atoms with Gasteiger partial charge in [0, 0.05) is 29.4 Å². The molecule has 3 N–H and O–H groups in total. The molecular formula is C25H22N2O3. The molecule has 5 heteroatoms. The Morgan fingerprint density at radius 1 is 0.900 bits per heavy atom. The first-order valence-corrected chi connectivity index (χ1v) is 9.64. The lowest BCUT2D eigenvalue weighted by Gasteiger charge is -2.05. The van der Waals surface area contributed by atoms with E-state index in [-0.39, 0.29) is 11.5 Å². The molecule has 150 valence electrons. The monoisotopic (exact) mass is 398 g/mol. The third-order valence-electron chi connectivity index (χ3n) is 5.03. The van der Waals surface area contributed by atoms with Crippen molar-refractivity contribution in [2.24, 2.45) is 0 Å². The Kier molecular flexibility index (Phi) is 5.26. The third kappa shape index (κ3) is 3.53. The highest BCUT2D eigenvalue weighted by Gasteiger charge is 2.21. The second-order valence-electron chi connectivity index (χ2n) is 6.87. The predicted molar refractivity (Wildman–Crippen MR) is 119 cm³/mol. The first-order chi connectivity index (χ1) is 14.6. The lowest BCUT2D eigenvalue weighted by molar-refractivity contribution is 0.468. The van der Waals surface area contributed by atoms with Gasteiger partial charge in [0.2, 0.25) is 0 Å². The van der Waals surface area contributed by atoms with E-state index < -0.39 is 0 Å². The Hall–Kier alpha value is -3.99. The summed E-state index contributed by atoms with van der Waals surface area (Å²) in [7, 11) is 0. The number of nitrogens with zero attached hydrogens (tertiary/aromatic N) is 1. The summed E-state index contributed by atoms with van der Waals surface area (Å²) in [6.07, 6.45) is 6.73. The molecule has 4 aromatic rings. The number of aromatic amines is 1. The molecule has 0 saturated heterocycles. The average molecular weight is 398 g/mol. The second-order valence-corrected chi connectivity index (χ2v) is 6.87. The van der Waals surface area contributed by atoms with E-state index in [1.165, 1.54) is 0 Å². The van der Waals surface area contributed by atoms with Gasteiger partial charge in [-0.15, -0.1) is 0 Å². The molecule has 0 aliphatic carbocycles. The van der Waals surface area contributed by atoms with Gasteiger partial charge in [-0.1, -0.05) is 43.5 Å². The minimum Gasteiger partial charge on any atom is -0.507 e. The first kappa shape index (κ1) is 19.3. The fourth-order valence-electron chi connectivity index (χ4n) is 3.53. The molecule has 0 aliphatic rings. The number of benzene rings is 2. The summed E-state index contributed by atoms with van der Waals surface area (Å²) in [5.74, 6) is 1.13. The number of H-pyrrole nitrogens is 1. The number of phenols is 2. The molecule has 2 aromatic carbocycles. The molecule has 0 radical (unpaired) electrons. The number of nitrogens with one attached hydrogen (secondary N) is 1. The van der Waals surface area contributed by atoms with E-state index in [4.69, 9.17) is 4.42 Å². The molecule has 0 atom stereocenters. The van der Waals surface area contributed by atoms with Gasteiger partial charge in [-0.05, 0) is 42.3 Å². The summed E-state index contributed by atoms with van der Waals surface area (Å²) in [6.45, 7) is 7.69. The van der Waals surface area contributed by atoms with E-state index in [0.717, 1.165) is 16.8 Å². The van der Waals surface area contributed by atoms with Crippen molar-refractivity contribution in [2.45, 2.75) is 12.8 Å². The SMILES string of the molecule is C=Cc1[nH]cc(CCc2nc(-c3ccccc3O)c(-c3ccccc3O)o2)c1C=C. The summed E-state index contributed by atoms with van der Waals surface area (Å²) in [5.41, 5.74) is 4.60. The third-order valence-corrected chi connectivity index (χ3v) is 5.03. The molecule has 0 amide bonds. The number of aromatic hydroxyl groups is 2. The van der Waals surface area contributed by atoms with E-state index in [2.05, 4.69) is 23.1 Å². The van der Waals surface area contributed by atoms with Crippen molar-refractivity contribution >= 4 is 12.2 Å². The largest absolute Gasteiger partial charge is 0.507 e. The second kappa shape index (κ2) is 8.17. The minimum absolute atomic E-state index is 0.0899. The molecule has 30 heavy (non-hydrogen) atoms. The van der Waals surface area contributed by atoms with Gasteiger partial charge in [0.05, 0.1) is 5.56 Å². The molecule has 4 rings (SSSR count). The van der Waals surface area contributed by atoms with Crippen LogP contribution in [0, 0.1) is 0 Å². The fraction of sp³-hybridized carbons (Fsp3) is 0.0800. The topological polar surface area (TPSA) is 82.3 Å². The number of oxazole rings is 1. The lowest BCUT2D eigenvalue weighted by Crippen LogP contribution is -1.92. The lowest BCUT2D eigenvalue weighted by atomic mass is 10.0. The van der Waals surface area contributed by atoms with Crippen LogP contribution in [0.4, 0.5) is 0 Å². The van der Waals surface area contributed by atoms with Gasteiger partial charge < -0.3 is 19.6 Å².